The van der Waals surface area contributed by atoms with Crippen LogP contribution in [-0.4, -0.2) is 63.8 Å². The second kappa shape index (κ2) is 8.56. The van der Waals surface area contributed by atoms with Crippen molar-refractivity contribution in [3.8, 4) is 11.4 Å². The van der Waals surface area contributed by atoms with Gasteiger partial charge in [-0.3, -0.25) is 9.88 Å². The first kappa shape index (κ1) is 18.7. The average Bonchev–Trinajstić information content (AvgIpc) is 2.63. The molecular weight excluding hydrogens is 326 g/mol. The van der Waals surface area contributed by atoms with E-state index < -0.39 is 0 Å². The third-order valence-electron chi connectivity index (χ3n) is 4.75. The van der Waals surface area contributed by atoms with E-state index in [0.717, 1.165) is 55.5 Å². The topological polar surface area (TPSA) is 65.4 Å². The monoisotopic (exact) mass is 355 g/mol. The van der Waals surface area contributed by atoms with Crippen LogP contribution in [0.5, 0.6) is 0 Å². The van der Waals surface area contributed by atoms with Crippen molar-refractivity contribution in [1.29, 1.82) is 0 Å². The number of pyridine rings is 1. The molecule has 26 heavy (non-hydrogen) atoms. The van der Waals surface area contributed by atoms with Gasteiger partial charge in [-0.15, -0.1) is 0 Å². The Morgan fingerprint density at radius 3 is 2.81 bits per heavy atom. The lowest BCUT2D eigenvalue weighted by molar-refractivity contribution is 0.128. The summed E-state index contributed by atoms with van der Waals surface area (Å²) in [6.45, 7) is 10.6. The summed E-state index contributed by atoms with van der Waals surface area (Å²) < 4.78 is 0. The van der Waals surface area contributed by atoms with Gasteiger partial charge in [0.1, 0.15) is 5.82 Å². The zero-order valence-electron chi connectivity index (χ0n) is 16.0. The summed E-state index contributed by atoms with van der Waals surface area (Å²) in [6, 6.07) is 6.30. The van der Waals surface area contributed by atoms with Crippen LogP contribution < -0.4 is 4.90 Å². The Morgan fingerprint density at radius 1 is 1.27 bits per heavy atom. The highest BCUT2D eigenvalue weighted by molar-refractivity contribution is 5.56. The molecule has 0 amide bonds. The Morgan fingerprint density at radius 2 is 2.12 bits per heavy atom. The SMILES string of the molecule is Cc1cc(N2CCN(CC(C)C)[C@@H](CCO)C2)nc(-c2cccnc2)n1. The van der Waals surface area contributed by atoms with Gasteiger partial charge < -0.3 is 10.0 Å². The molecule has 6 nitrogen and oxygen atoms in total. The van der Waals surface area contributed by atoms with E-state index in [-0.39, 0.29) is 6.61 Å². The number of hydrogen-bond acceptors (Lipinski definition) is 6. The van der Waals surface area contributed by atoms with Crippen molar-refractivity contribution in [3.63, 3.8) is 0 Å². The Hall–Kier alpha value is -2.05. The summed E-state index contributed by atoms with van der Waals surface area (Å²) in [7, 11) is 0. The fraction of sp³-hybridized carbons (Fsp3) is 0.550. The lowest BCUT2D eigenvalue weighted by Gasteiger charge is -2.42. The predicted octanol–water partition coefficient (Wildman–Crippen LogP) is 2.38. The highest BCUT2D eigenvalue weighted by atomic mass is 16.3. The van der Waals surface area contributed by atoms with Gasteiger partial charge in [0, 0.05) is 68.5 Å². The molecule has 0 aliphatic carbocycles. The zero-order chi connectivity index (χ0) is 18.5. The van der Waals surface area contributed by atoms with E-state index in [0.29, 0.717) is 12.0 Å². The fourth-order valence-electron chi connectivity index (χ4n) is 3.57. The number of rotatable bonds is 6. The molecule has 0 radical (unpaired) electrons. The molecule has 0 unspecified atom stereocenters. The molecule has 2 aromatic rings. The molecule has 3 rings (SSSR count). The van der Waals surface area contributed by atoms with Crippen LogP contribution >= 0.6 is 0 Å². The summed E-state index contributed by atoms with van der Waals surface area (Å²) in [5, 5.41) is 9.49. The quantitative estimate of drug-likeness (QED) is 0.858. The second-order valence-corrected chi connectivity index (χ2v) is 7.43. The first-order chi connectivity index (χ1) is 12.6. The van der Waals surface area contributed by atoms with Crippen LogP contribution in [0.25, 0.3) is 11.4 Å². The van der Waals surface area contributed by atoms with E-state index >= 15 is 0 Å². The van der Waals surface area contributed by atoms with Gasteiger partial charge in [0.2, 0.25) is 0 Å². The van der Waals surface area contributed by atoms with Crippen LogP contribution in [-0.2, 0) is 0 Å². The molecule has 3 heterocycles. The molecule has 1 atom stereocenters. The van der Waals surface area contributed by atoms with Crippen molar-refractivity contribution in [2.24, 2.45) is 5.92 Å². The zero-order valence-corrected chi connectivity index (χ0v) is 16.0. The predicted molar refractivity (Wildman–Crippen MR) is 104 cm³/mol. The molecule has 140 valence electrons. The third kappa shape index (κ3) is 4.56. The summed E-state index contributed by atoms with van der Waals surface area (Å²) in [6.07, 6.45) is 4.35. The first-order valence-electron chi connectivity index (χ1n) is 9.42. The summed E-state index contributed by atoms with van der Waals surface area (Å²) in [5.74, 6) is 2.31. The molecule has 2 aromatic heterocycles. The van der Waals surface area contributed by atoms with Crippen LogP contribution in [0, 0.1) is 12.8 Å². The van der Waals surface area contributed by atoms with Crippen LogP contribution in [0.2, 0.25) is 0 Å². The molecule has 1 N–H and O–H groups in total. The largest absolute Gasteiger partial charge is 0.396 e. The number of nitrogens with zero attached hydrogens (tertiary/aromatic N) is 5. The van der Waals surface area contributed by atoms with Crippen molar-refractivity contribution >= 4 is 5.82 Å². The summed E-state index contributed by atoms with van der Waals surface area (Å²) >= 11 is 0. The van der Waals surface area contributed by atoms with Gasteiger partial charge >= 0.3 is 0 Å². The fourth-order valence-corrected chi connectivity index (χ4v) is 3.57. The van der Waals surface area contributed by atoms with Gasteiger partial charge in [0.15, 0.2) is 5.82 Å². The van der Waals surface area contributed by atoms with Gasteiger partial charge in [-0.2, -0.15) is 0 Å². The summed E-state index contributed by atoms with van der Waals surface area (Å²) in [5.41, 5.74) is 1.89. The molecule has 1 aliphatic heterocycles. The molecule has 1 fully saturated rings. The van der Waals surface area contributed by atoms with Crippen molar-refractivity contribution in [2.75, 3.05) is 37.7 Å². The standard InChI is InChI=1S/C20H29N5O/c1-15(2)13-24-8-9-25(14-18(24)6-10-26)19-11-16(3)22-20(23-19)17-5-4-7-21-12-17/h4-5,7,11-12,15,18,26H,6,8-10,13-14H2,1-3H3/t18-/m0/s1. The molecule has 1 aliphatic rings. The number of hydrogen-bond donors (Lipinski definition) is 1. The molecule has 0 spiro atoms. The maximum Gasteiger partial charge on any atom is 0.163 e. The highest BCUT2D eigenvalue weighted by Crippen LogP contribution is 2.23. The third-order valence-corrected chi connectivity index (χ3v) is 4.75. The van der Waals surface area contributed by atoms with E-state index in [1.54, 1.807) is 12.4 Å². The molecule has 0 aromatic carbocycles. The minimum absolute atomic E-state index is 0.219. The first-order valence-corrected chi connectivity index (χ1v) is 9.42. The van der Waals surface area contributed by atoms with E-state index in [4.69, 9.17) is 4.98 Å². The van der Waals surface area contributed by atoms with Crippen molar-refractivity contribution in [1.82, 2.24) is 19.9 Å². The Balaban J connectivity index is 1.81. The van der Waals surface area contributed by atoms with E-state index in [9.17, 15) is 5.11 Å². The number of aromatic nitrogens is 3. The lowest BCUT2D eigenvalue weighted by Crippen LogP contribution is -2.54. The van der Waals surface area contributed by atoms with Crippen LogP contribution in [0.1, 0.15) is 26.0 Å². The van der Waals surface area contributed by atoms with E-state index in [2.05, 4.69) is 33.6 Å². The molecule has 1 saturated heterocycles. The van der Waals surface area contributed by atoms with Crippen molar-refractivity contribution < 1.29 is 5.11 Å². The van der Waals surface area contributed by atoms with Gasteiger partial charge in [-0.1, -0.05) is 13.8 Å². The Labute approximate surface area is 155 Å². The number of aliphatic hydroxyl groups is 1. The Kier molecular flexibility index (Phi) is 6.16. The highest BCUT2D eigenvalue weighted by Gasteiger charge is 2.28. The minimum Gasteiger partial charge on any atom is -0.396 e. The normalized spacial score (nSPS) is 18.5. The van der Waals surface area contributed by atoms with E-state index in [1.165, 1.54) is 0 Å². The van der Waals surface area contributed by atoms with Crippen molar-refractivity contribution in [3.05, 3.63) is 36.3 Å². The summed E-state index contributed by atoms with van der Waals surface area (Å²) in [4.78, 5) is 18.4. The smallest absolute Gasteiger partial charge is 0.163 e. The van der Waals surface area contributed by atoms with Crippen molar-refractivity contribution in [2.45, 2.75) is 33.2 Å². The second-order valence-electron chi connectivity index (χ2n) is 7.43. The number of aryl methyl sites for hydroxylation is 1. The number of piperazine rings is 1. The molecular formula is C20H29N5O. The average molecular weight is 355 g/mol. The van der Waals surface area contributed by atoms with Crippen LogP contribution in [0.4, 0.5) is 5.82 Å². The van der Waals surface area contributed by atoms with Gasteiger partial charge in [0.05, 0.1) is 0 Å². The molecule has 6 heteroatoms. The van der Waals surface area contributed by atoms with Crippen LogP contribution in [0.3, 0.4) is 0 Å². The number of anilines is 1. The van der Waals surface area contributed by atoms with Gasteiger partial charge in [-0.25, -0.2) is 9.97 Å². The molecule has 0 saturated carbocycles. The van der Waals surface area contributed by atoms with Crippen LogP contribution in [0.15, 0.2) is 30.6 Å². The van der Waals surface area contributed by atoms with Gasteiger partial charge in [-0.05, 0) is 31.4 Å². The Bertz CT molecular complexity index is 707. The molecule has 0 bridgehead atoms. The number of aliphatic hydroxyl groups excluding tert-OH is 1. The minimum atomic E-state index is 0.219. The maximum atomic E-state index is 9.49. The van der Waals surface area contributed by atoms with Gasteiger partial charge in [0.25, 0.3) is 0 Å². The maximum absolute atomic E-state index is 9.49. The van der Waals surface area contributed by atoms with E-state index in [1.807, 2.05) is 25.1 Å². The lowest BCUT2D eigenvalue weighted by atomic mass is 10.1.